The van der Waals surface area contributed by atoms with E-state index in [0.29, 0.717) is 26.2 Å². The van der Waals surface area contributed by atoms with Crippen LogP contribution < -0.4 is 4.74 Å². The summed E-state index contributed by atoms with van der Waals surface area (Å²) in [5, 5.41) is 12.4. The van der Waals surface area contributed by atoms with Crippen molar-refractivity contribution in [1.29, 1.82) is 0 Å². The molecular weight excluding hydrogens is 356 g/mol. The molecule has 2 fully saturated rings. The first-order valence-corrected chi connectivity index (χ1v) is 9.79. The van der Waals surface area contributed by atoms with Crippen molar-refractivity contribution < 1.29 is 19.4 Å². The van der Waals surface area contributed by atoms with Crippen molar-refractivity contribution in [3.63, 3.8) is 0 Å². The molecule has 0 aromatic heterocycles. The maximum absolute atomic E-state index is 12.2. The van der Waals surface area contributed by atoms with Crippen molar-refractivity contribution in [2.24, 2.45) is 11.3 Å². The van der Waals surface area contributed by atoms with Gasteiger partial charge in [-0.25, -0.2) is 0 Å². The van der Waals surface area contributed by atoms with E-state index in [-0.39, 0.29) is 5.92 Å². The van der Waals surface area contributed by atoms with E-state index in [1.54, 1.807) is 14.2 Å². The van der Waals surface area contributed by atoms with Crippen LogP contribution in [-0.2, 0) is 16.1 Å². The number of carbonyl (C=O) groups is 1. The van der Waals surface area contributed by atoms with E-state index < -0.39 is 11.4 Å². The third-order valence-corrected chi connectivity index (χ3v) is 6.39. The minimum absolute atomic E-state index is 0.142. The molecule has 2 aromatic rings. The fraction of sp³-hybridized carbons (Fsp3) is 0.500. The zero-order valence-corrected chi connectivity index (χ0v) is 16.6. The summed E-state index contributed by atoms with van der Waals surface area (Å²) < 4.78 is 10.8. The van der Waals surface area contributed by atoms with Gasteiger partial charge in [0, 0.05) is 57.9 Å². The second kappa shape index (κ2) is 7.70. The summed E-state index contributed by atoms with van der Waals surface area (Å²) >= 11 is 0. The Morgan fingerprint density at radius 1 is 1.14 bits per heavy atom. The zero-order valence-electron chi connectivity index (χ0n) is 16.6. The number of fused-ring (bicyclic) bond motifs is 2. The number of hydrogen-bond donors (Lipinski definition) is 1. The Balaban J connectivity index is 1.57. The first-order valence-electron chi connectivity index (χ1n) is 9.79. The average molecular weight is 384 g/mol. The predicted molar refractivity (Wildman–Crippen MR) is 108 cm³/mol. The molecule has 0 aliphatic carbocycles. The van der Waals surface area contributed by atoms with Gasteiger partial charge in [0.2, 0.25) is 0 Å². The number of likely N-dealkylation sites (tertiary alicyclic amines) is 2. The van der Waals surface area contributed by atoms with Crippen LogP contribution in [0.4, 0.5) is 0 Å². The van der Waals surface area contributed by atoms with Crippen LogP contribution in [0.5, 0.6) is 5.75 Å². The summed E-state index contributed by atoms with van der Waals surface area (Å²) in [6.07, 6.45) is 0. The monoisotopic (exact) mass is 384 g/mol. The van der Waals surface area contributed by atoms with E-state index in [1.165, 1.54) is 10.8 Å². The Kier molecular flexibility index (Phi) is 5.27. The molecule has 0 amide bonds. The average Bonchev–Trinajstić information content (AvgIpc) is 3.21. The third kappa shape index (κ3) is 3.26. The lowest BCUT2D eigenvalue weighted by Crippen LogP contribution is -2.41. The SMILES string of the molecule is COCCN1C[C@@H]2CN(Cc3c(OC)ccc4ccccc34)C[C@]2(C(=O)O)C1. The molecule has 6 heteroatoms. The molecule has 2 aromatic carbocycles. The maximum atomic E-state index is 12.2. The molecule has 150 valence electrons. The van der Waals surface area contributed by atoms with Crippen LogP contribution in [0.25, 0.3) is 10.8 Å². The highest BCUT2D eigenvalue weighted by Crippen LogP contribution is 2.44. The summed E-state index contributed by atoms with van der Waals surface area (Å²) in [6, 6.07) is 12.4. The van der Waals surface area contributed by atoms with Crippen molar-refractivity contribution in [2.45, 2.75) is 6.54 Å². The number of methoxy groups -OCH3 is 2. The lowest BCUT2D eigenvalue weighted by Gasteiger charge is -2.26. The molecule has 0 unspecified atom stereocenters. The normalized spacial score (nSPS) is 25.3. The van der Waals surface area contributed by atoms with Crippen LogP contribution in [0.3, 0.4) is 0 Å². The first-order chi connectivity index (χ1) is 13.6. The quantitative estimate of drug-likeness (QED) is 0.791. The molecule has 2 aliphatic rings. The highest BCUT2D eigenvalue weighted by Gasteiger charge is 2.57. The van der Waals surface area contributed by atoms with E-state index in [2.05, 4.69) is 28.0 Å². The Bertz CT molecular complexity index is 871. The molecule has 0 radical (unpaired) electrons. The van der Waals surface area contributed by atoms with Crippen molar-refractivity contribution in [3.05, 3.63) is 42.0 Å². The van der Waals surface area contributed by atoms with E-state index >= 15 is 0 Å². The Hall–Kier alpha value is -2.15. The number of rotatable bonds is 7. The molecule has 2 atom stereocenters. The third-order valence-electron chi connectivity index (χ3n) is 6.39. The second-order valence-corrected chi connectivity index (χ2v) is 8.02. The molecule has 2 saturated heterocycles. The molecule has 0 spiro atoms. The Morgan fingerprint density at radius 3 is 2.61 bits per heavy atom. The number of ether oxygens (including phenoxy) is 2. The molecule has 28 heavy (non-hydrogen) atoms. The van der Waals surface area contributed by atoms with Crippen LogP contribution in [0.1, 0.15) is 5.56 Å². The number of hydrogen-bond acceptors (Lipinski definition) is 5. The summed E-state index contributed by atoms with van der Waals surface area (Å²) in [5.74, 6) is 0.328. The molecule has 2 aliphatic heterocycles. The standard InChI is InChI=1S/C22H28N2O4/c1-27-10-9-23-11-17-12-24(15-22(17,14-23)21(25)26)13-19-18-6-4-3-5-16(18)7-8-20(19)28-2/h3-8,17H,9-15H2,1-2H3,(H,25,26)/t17-,22-/m1/s1. The molecule has 6 nitrogen and oxygen atoms in total. The van der Waals surface area contributed by atoms with Gasteiger partial charge in [0.05, 0.1) is 19.1 Å². The first kappa shape index (κ1) is 19.2. The lowest BCUT2D eigenvalue weighted by molar-refractivity contribution is -0.149. The van der Waals surface area contributed by atoms with Gasteiger partial charge in [-0.3, -0.25) is 14.6 Å². The lowest BCUT2D eigenvalue weighted by atomic mass is 9.81. The largest absolute Gasteiger partial charge is 0.496 e. The van der Waals surface area contributed by atoms with Crippen LogP contribution in [0.15, 0.2) is 36.4 Å². The van der Waals surface area contributed by atoms with Gasteiger partial charge in [-0.2, -0.15) is 0 Å². The summed E-state index contributed by atoms with van der Waals surface area (Å²) in [4.78, 5) is 16.8. The predicted octanol–water partition coefficient (Wildman–Crippen LogP) is 2.31. The van der Waals surface area contributed by atoms with Crippen molar-refractivity contribution in [1.82, 2.24) is 9.80 Å². The number of aliphatic carboxylic acids is 1. The van der Waals surface area contributed by atoms with Crippen LogP contribution in [0.2, 0.25) is 0 Å². The fourth-order valence-corrected chi connectivity index (χ4v) is 4.98. The second-order valence-electron chi connectivity index (χ2n) is 8.02. The molecule has 0 bridgehead atoms. The zero-order chi connectivity index (χ0) is 19.7. The van der Waals surface area contributed by atoms with Gasteiger partial charge in [0.1, 0.15) is 5.75 Å². The number of benzene rings is 2. The van der Waals surface area contributed by atoms with Gasteiger partial charge >= 0.3 is 5.97 Å². The van der Waals surface area contributed by atoms with E-state index in [1.807, 2.05) is 18.2 Å². The van der Waals surface area contributed by atoms with Gasteiger partial charge in [-0.1, -0.05) is 30.3 Å². The molecular formula is C22H28N2O4. The van der Waals surface area contributed by atoms with Crippen molar-refractivity contribution in [2.75, 3.05) is 53.6 Å². The van der Waals surface area contributed by atoms with Crippen LogP contribution in [-0.4, -0.2) is 74.4 Å². The van der Waals surface area contributed by atoms with Gasteiger partial charge in [-0.15, -0.1) is 0 Å². The number of carboxylic acid groups (broad SMARTS) is 1. The summed E-state index contributed by atoms with van der Waals surface area (Å²) in [5.41, 5.74) is 0.448. The smallest absolute Gasteiger partial charge is 0.312 e. The Morgan fingerprint density at radius 2 is 1.89 bits per heavy atom. The minimum atomic E-state index is -0.689. The van der Waals surface area contributed by atoms with Crippen LogP contribution >= 0.6 is 0 Å². The Labute approximate surface area is 165 Å². The van der Waals surface area contributed by atoms with E-state index in [4.69, 9.17) is 9.47 Å². The molecule has 0 saturated carbocycles. The van der Waals surface area contributed by atoms with Gasteiger partial charge in [0.25, 0.3) is 0 Å². The van der Waals surface area contributed by atoms with Crippen molar-refractivity contribution >= 4 is 16.7 Å². The van der Waals surface area contributed by atoms with E-state index in [0.717, 1.165) is 30.9 Å². The highest BCUT2D eigenvalue weighted by atomic mass is 16.5. The van der Waals surface area contributed by atoms with Crippen LogP contribution in [0, 0.1) is 11.3 Å². The molecule has 2 heterocycles. The number of nitrogens with zero attached hydrogens (tertiary/aromatic N) is 2. The molecule has 4 rings (SSSR count). The van der Waals surface area contributed by atoms with Gasteiger partial charge in [-0.05, 0) is 16.8 Å². The summed E-state index contributed by atoms with van der Waals surface area (Å²) in [7, 11) is 3.38. The highest BCUT2D eigenvalue weighted by molar-refractivity contribution is 5.87. The maximum Gasteiger partial charge on any atom is 0.312 e. The summed E-state index contributed by atoms with van der Waals surface area (Å²) in [6.45, 7) is 4.91. The van der Waals surface area contributed by atoms with Gasteiger partial charge in [0.15, 0.2) is 0 Å². The van der Waals surface area contributed by atoms with E-state index in [9.17, 15) is 9.90 Å². The topological polar surface area (TPSA) is 62.2 Å². The van der Waals surface area contributed by atoms with Crippen molar-refractivity contribution in [3.8, 4) is 5.75 Å². The van der Waals surface area contributed by atoms with Gasteiger partial charge < -0.3 is 14.6 Å². The minimum Gasteiger partial charge on any atom is -0.496 e. The fourth-order valence-electron chi connectivity index (χ4n) is 4.98. The molecule has 1 N–H and O–H groups in total. The number of carboxylic acids is 1.